The molecule has 0 rings (SSSR count). The highest BCUT2D eigenvalue weighted by Crippen LogP contribution is 1.98. The van der Waals surface area contributed by atoms with Crippen molar-refractivity contribution in [1.29, 1.82) is 0 Å². The topological polar surface area (TPSA) is 112 Å². The normalized spacial score (nSPS) is 9.30. The van der Waals surface area contributed by atoms with Gasteiger partial charge in [-0.1, -0.05) is 0 Å². The van der Waals surface area contributed by atoms with E-state index >= 15 is 0 Å². The van der Waals surface area contributed by atoms with Crippen molar-refractivity contribution in [2.45, 2.75) is 0 Å². The Morgan fingerprint density at radius 3 is 0.900 bits per heavy atom. The Balaban J connectivity index is 4.43. The predicted molar refractivity (Wildman–Crippen MR) is 26.2 cm³/mol. The van der Waals surface area contributed by atoms with Crippen molar-refractivity contribution >= 4 is 17.9 Å². The van der Waals surface area contributed by atoms with Gasteiger partial charge < -0.3 is 15.3 Å². The molecule has 55 valence electrons. The average molecular weight is 147 g/mol. The predicted octanol–water partition coefficient (Wildman–Crippen LogP) is -1.19. The summed E-state index contributed by atoms with van der Waals surface area (Å²) in [6.07, 6.45) is 0. The van der Waals surface area contributed by atoms with Crippen molar-refractivity contribution in [3.05, 3.63) is 5.92 Å². The van der Waals surface area contributed by atoms with Crippen LogP contribution in [0.2, 0.25) is 0 Å². The molecule has 0 heterocycles. The maximum absolute atomic E-state index is 9.78. The number of hydrogen-bond acceptors (Lipinski definition) is 3. The molecule has 0 aromatic rings. The average Bonchev–Trinajstić information content (AvgIpc) is 1.59. The second-order valence-corrected chi connectivity index (χ2v) is 1.29. The van der Waals surface area contributed by atoms with Crippen LogP contribution in [0, 0.1) is 5.92 Å². The van der Waals surface area contributed by atoms with Crippen molar-refractivity contribution in [2.75, 3.05) is 0 Å². The van der Waals surface area contributed by atoms with Crippen LogP contribution >= 0.6 is 0 Å². The number of carboxylic acid groups (broad SMARTS) is 3. The molecule has 0 saturated carbocycles. The van der Waals surface area contributed by atoms with E-state index in [2.05, 4.69) is 0 Å². The molecule has 0 bridgehead atoms. The van der Waals surface area contributed by atoms with E-state index in [4.69, 9.17) is 15.3 Å². The zero-order valence-electron chi connectivity index (χ0n) is 4.57. The molecule has 0 aliphatic rings. The fourth-order valence-electron chi connectivity index (χ4n) is 0.274. The summed E-state index contributed by atoms with van der Waals surface area (Å²) in [5, 5.41) is 23.7. The fraction of sp³-hybridized carbons (Fsp3) is 0. The van der Waals surface area contributed by atoms with Gasteiger partial charge in [-0.05, 0) is 0 Å². The van der Waals surface area contributed by atoms with Crippen LogP contribution < -0.4 is 0 Å². The molecule has 6 nitrogen and oxygen atoms in total. The second kappa shape index (κ2) is 2.81. The Hall–Kier alpha value is -1.59. The lowest BCUT2D eigenvalue weighted by molar-refractivity contribution is -0.151. The molecule has 0 amide bonds. The Morgan fingerprint density at radius 2 is 0.900 bits per heavy atom. The third kappa shape index (κ3) is 1.73. The van der Waals surface area contributed by atoms with Crippen molar-refractivity contribution in [2.24, 2.45) is 0 Å². The van der Waals surface area contributed by atoms with Crippen molar-refractivity contribution in [3.8, 4) is 0 Å². The monoisotopic (exact) mass is 147 g/mol. The maximum Gasteiger partial charge on any atom is 0.335 e. The Morgan fingerprint density at radius 1 is 0.700 bits per heavy atom. The third-order valence-corrected chi connectivity index (χ3v) is 0.642. The smallest absolute Gasteiger partial charge is 0.335 e. The molecular formula is C4H3O6. The van der Waals surface area contributed by atoms with Gasteiger partial charge in [-0.25, -0.2) is 0 Å². The van der Waals surface area contributed by atoms with E-state index < -0.39 is 23.8 Å². The van der Waals surface area contributed by atoms with Gasteiger partial charge in [-0.2, -0.15) is 0 Å². The molecule has 6 heteroatoms. The zero-order chi connectivity index (χ0) is 8.31. The number of aliphatic carboxylic acids is 3. The van der Waals surface area contributed by atoms with E-state index in [0.29, 0.717) is 0 Å². The van der Waals surface area contributed by atoms with Crippen molar-refractivity contribution in [1.82, 2.24) is 0 Å². The maximum atomic E-state index is 9.78. The summed E-state index contributed by atoms with van der Waals surface area (Å²) in [7, 11) is 0. The lowest BCUT2D eigenvalue weighted by Crippen LogP contribution is -2.28. The molecule has 0 spiro atoms. The summed E-state index contributed by atoms with van der Waals surface area (Å²) in [6, 6.07) is 0. The van der Waals surface area contributed by atoms with E-state index in [1.165, 1.54) is 0 Å². The van der Waals surface area contributed by atoms with Gasteiger partial charge in [0.2, 0.25) is 0 Å². The van der Waals surface area contributed by atoms with Crippen LogP contribution in [-0.2, 0) is 14.4 Å². The first-order valence-corrected chi connectivity index (χ1v) is 2.03. The molecule has 0 aromatic heterocycles. The van der Waals surface area contributed by atoms with Crippen molar-refractivity contribution in [3.63, 3.8) is 0 Å². The lowest BCUT2D eigenvalue weighted by Gasteiger charge is -1.96. The van der Waals surface area contributed by atoms with Crippen LogP contribution in [0.15, 0.2) is 0 Å². The molecule has 0 atom stereocenters. The van der Waals surface area contributed by atoms with Gasteiger partial charge in [0, 0.05) is 0 Å². The lowest BCUT2D eigenvalue weighted by atomic mass is 10.1. The van der Waals surface area contributed by atoms with Crippen LogP contribution in [0.4, 0.5) is 0 Å². The second-order valence-electron chi connectivity index (χ2n) is 1.29. The minimum atomic E-state index is -1.96. The van der Waals surface area contributed by atoms with Gasteiger partial charge >= 0.3 is 17.9 Å². The van der Waals surface area contributed by atoms with E-state index in [-0.39, 0.29) is 0 Å². The molecule has 1 radical (unpaired) electrons. The van der Waals surface area contributed by atoms with Crippen LogP contribution in [0.5, 0.6) is 0 Å². The van der Waals surface area contributed by atoms with E-state index in [0.717, 1.165) is 0 Å². The largest absolute Gasteiger partial charge is 0.480 e. The van der Waals surface area contributed by atoms with E-state index in [1.54, 1.807) is 0 Å². The highest BCUT2D eigenvalue weighted by Gasteiger charge is 2.35. The van der Waals surface area contributed by atoms with Crippen LogP contribution in [0.1, 0.15) is 0 Å². The molecule has 0 unspecified atom stereocenters. The van der Waals surface area contributed by atoms with Crippen LogP contribution in [0.3, 0.4) is 0 Å². The van der Waals surface area contributed by atoms with Gasteiger partial charge in [0.05, 0.1) is 0 Å². The van der Waals surface area contributed by atoms with E-state index in [1.807, 2.05) is 0 Å². The van der Waals surface area contributed by atoms with Crippen LogP contribution in [-0.4, -0.2) is 33.2 Å². The Kier molecular flexibility index (Phi) is 2.36. The van der Waals surface area contributed by atoms with Crippen LogP contribution in [0.25, 0.3) is 0 Å². The summed E-state index contributed by atoms with van der Waals surface area (Å²) in [4.78, 5) is 29.4. The molecule has 0 aliphatic carbocycles. The standard InChI is InChI=1S/C4H3O6/c5-2(6)1(3(7)8)4(9)10/h(H,5,6)(H,7,8)(H,9,10). The summed E-state index contributed by atoms with van der Waals surface area (Å²) < 4.78 is 0. The third-order valence-electron chi connectivity index (χ3n) is 0.642. The molecule has 0 fully saturated rings. The molecule has 0 saturated heterocycles. The molecule has 0 aromatic carbocycles. The molecular weight excluding hydrogens is 144 g/mol. The molecule has 0 aliphatic heterocycles. The zero-order valence-corrected chi connectivity index (χ0v) is 4.57. The quantitative estimate of drug-likeness (QED) is 0.433. The first kappa shape index (κ1) is 8.41. The van der Waals surface area contributed by atoms with E-state index in [9.17, 15) is 14.4 Å². The van der Waals surface area contributed by atoms with Gasteiger partial charge in [0.25, 0.3) is 5.92 Å². The Bertz CT molecular complexity index is 149. The van der Waals surface area contributed by atoms with Gasteiger partial charge in [0.1, 0.15) is 0 Å². The summed E-state index contributed by atoms with van der Waals surface area (Å²) in [6.45, 7) is 0. The summed E-state index contributed by atoms with van der Waals surface area (Å²) in [5.74, 6) is -7.43. The first-order chi connectivity index (χ1) is 4.46. The highest BCUT2D eigenvalue weighted by molar-refractivity contribution is 6.27. The SMILES string of the molecule is O=C(O)[C](C(=O)O)C(=O)O. The number of hydrogen-bond donors (Lipinski definition) is 3. The van der Waals surface area contributed by atoms with Gasteiger partial charge in [-0.15, -0.1) is 0 Å². The Labute approximate surface area is 54.7 Å². The number of rotatable bonds is 3. The first-order valence-electron chi connectivity index (χ1n) is 2.03. The number of carbonyl (C=O) groups is 3. The summed E-state index contributed by atoms with van der Waals surface area (Å²) >= 11 is 0. The fourth-order valence-corrected chi connectivity index (χ4v) is 0.274. The molecule has 10 heavy (non-hydrogen) atoms. The van der Waals surface area contributed by atoms with Crippen molar-refractivity contribution < 1.29 is 29.7 Å². The van der Waals surface area contributed by atoms with Gasteiger partial charge in [0.15, 0.2) is 0 Å². The summed E-state index contributed by atoms with van der Waals surface area (Å²) in [5.41, 5.74) is 0. The minimum absolute atomic E-state index is 1.56. The minimum Gasteiger partial charge on any atom is -0.480 e. The van der Waals surface area contributed by atoms with Gasteiger partial charge in [-0.3, -0.25) is 14.4 Å². The molecule has 3 N–H and O–H groups in total. The number of carboxylic acids is 3. The highest BCUT2D eigenvalue weighted by atomic mass is 16.4.